The highest BCUT2D eigenvalue weighted by Gasteiger charge is 2.03. The maximum atomic E-state index is 12.7. The summed E-state index contributed by atoms with van der Waals surface area (Å²) in [5.74, 6) is -0.0128. The Kier molecular flexibility index (Phi) is 2.51. The van der Waals surface area contributed by atoms with E-state index in [1.165, 1.54) is 12.1 Å². The molecule has 2 aromatic rings. The van der Waals surface area contributed by atoms with Crippen molar-refractivity contribution < 1.29 is 4.39 Å². The molecule has 3 nitrogen and oxygen atoms in total. The first-order valence-corrected chi connectivity index (χ1v) is 4.59. The predicted molar refractivity (Wildman–Crippen MR) is 56.8 cm³/mol. The second-order valence-electron chi connectivity index (χ2n) is 2.95. The molecule has 0 saturated carbocycles. The number of nitrogens with zero attached hydrogens (tertiary/aromatic N) is 2. The molecule has 5 heteroatoms. The summed E-state index contributed by atoms with van der Waals surface area (Å²) < 4.78 is 12.7. The van der Waals surface area contributed by atoms with Gasteiger partial charge in [0.05, 0.1) is 5.69 Å². The molecule has 0 aliphatic rings. The lowest BCUT2D eigenvalue weighted by Crippen LogP contribution is -1.94. The minimum atomic E-state index is -0.299. The summed E-state index contributed by atoms with van der Waals surface area (Å²) in [6.45, 7) is 0. The molecule has 2 N–H and O–H groups in total. The maximum Gasteiger partial charge on any atom is 0.224 e. The van der Waals surface area contributed by atoms with Gasteiger partial charge >= 0.3 is 0 Å². The molecule has 1 aromatic carbocycles. The first kappa shape index (κ1) is 9.86. The van der Waals surface area contributed by atoms with Gasteiger partial charge in [0.25, 0.3) is 0 Å². The SMILES string of the molecule is Nc1cc(-c2ccc(F)cc2)nc(Cl)n1. The lowest BCUT2D eigenvalue weighted by molar-refractivity contribution is 0.628. The van der Waals surface area contributed by atoms with E-state index in [0.717, 1.165) is 5.56 Å². The van der Waals surface area contributed by atoms with Crippen molar-refractivity contribution in [3.05, 3.63) is 41.4 Å². The van der Waals surface area contributed by atoms with Crippen LogP contribution in [0.5, 0.6) is 0 Å². The Morgan fingerprint density at radius 1 is 1.13 bits per heavy atom. The van der Waals surface area contributed by atoms with Crippen molar-refractivity contribution in [2.75, 3.05) is 5.73 Å². The highest BCUT2D eigenvalue weighted by molar-refractivity contribution is 6.28. The second kappa shape index (κ2) is 3.82. The van der Waals surface area contributed by atoms with E-state index in [2.05, 4.69) is 9.97 Å². The number of nitrogen functional groups attached to an aromatic ring is 1. The molecule has 15 heavy (non-hydrogen) atoms. The first-order chi connectivity index (χ1) is 7.15. The highest BCUT2D eigenvalue weighted by Crippen LogP contribution is 2.20. The van der Waals surface area contributed by atoms with Crippen LogP contribution in [-0.2, 0) is 0 Å². The summed E-state index contributed by atoms with van der Waals surface area (Å²) in [4.78, 5) is 7.72. The zero-order valence-electron chi connectivity index (χ0n) is 7.61. The average Bonchev–Trinajstić information content (AvgIpc) is 2.17. The van der Waals surface area contributed by atoms with Crippen molar-refractivity contribution >= 4 is 17.4 Å². The van der Waals surface area contributed by atoms with Crippen molar-refractivity contribution in [3.8, 4) is 11.3 Å². The third kappa shape index (κ3) is 2.22. The van der Waals surface area contributed by atoms with Crippen molar-refractivity contribution in [1.82, 2.24) is 9.97 Å². The molecule has 0 atom stereocenters. The third-order valence-corrected chi connectivity index (χ3v) is 2.03. The van der Waals surface area contributed by atoms with E-state index in [4.69, 9.17) is 17.3 Å². The van der Waals surface area contributed by atoms with Gasteiger partial charge in [0.15, 0.2) is 0 Å². The van der Waals surface area contributed by atoms with Gasteiger partial charge in [-0.25, -0.2) is 14.4 Å². The van der Waals surface area contributed by atoms with Gasteiger partial charge in [0.2, 0.25) is 5.28 Å². The summed E-state index contributed by atoms with van der Waals surface area (Å²) in [5.41, 5.74) is 6.84. The zero-order chi connectivity index (χ0) is 10.8. The number of halogens is 2. The number of rotatable bonds is 1. The number of benzene rings is 1. The summed E-state index contributed by atoms with van der Waals surface area (Å²) in [5, 5.41) is 0.0781. The first-order valence-electron chi connectivity index (χ1n) is 4.21. The minimum absolute atomic E-state index is 0.0781. The Hall–Kier alpha value is -1.68. The Morgan fingerprint density at radius 2 is 1.80 bits per heavy atom. The third-order valence-electron chi connectivity index (χ3n) is 1.86. The van der Waals surface area contributed by atoms with E-state index in [9.17, 15) is 4.39 Å². The van der Waals surface area contributed by atoms with Crippen LogP contribution in [0.4, 0.5) is 10.2 Å². The molecular formula is C10H7ClFN3. The van der Waals surface area contributed by atoms with E-state index in [-0.39, 0.29) is 16.9 Å². The fourth-order valence-electron chi connectivity index (χ4n) is 1.20. The van der Waals surface area contributed by atoms with Crippen LogP contribution in [-0.4, -0.2) is 9.97 Å². The molecule has 0 radical (unpaired) electrons. The maximum absolute atomic E-state index is 12.7. The molecular weight excluding hydrogens is 217 g/mol. The molecule has 0 aliphatic carbocycles. The van der Waals surface area contributed by atoms with Crippen LogP contribution in [0.3, 0.4) is 0 Å². The molecule has 0 unspecified atom stereocenters. The Morgan fingerprint density at radius 3 is 2.40 bits per heavy atom. The van der Waals surface area contributed by atoms with Crippen molar-refractivity contribution in [1.29, 1.82) is 0 Å². The van der Waals surface area contributed by atoms with Gasteiger partial charge in [-0.05, 0) is 35.9 Å². The highest BCUT2D eigenvalue weighted by atomic mass is 35.5. The fraction of sp³-hybridized carbons (Fsp3) is 0. The normalized spacial score (nSPS) is 10.3. The van der Waals surface area contributed by atoms with Crippen LogP contribution >= 0.6 is 11.6 Å². The second-order valence-corrected chi connectivity index (χ2v) is 3.29. The number of hydrogen-bond acceptors (Lipinski definition) is 3. The average molecular weight is 224 g/mol. The van der Waals surface area contributed by atoms with Gasteiger partial charge in [0, 0.05) is 11.6 Å². The van der Waals surface area contributed by atoms with Crippen molar-refractivity contribution in [2.45, 2.75) is 0 Å². The summed E-state index contributed by atoms with van der Waals surface area (Å²) in [6.07, 6.45) is 0. The topological polar surface area (TPSA) is 51.8 Å². The minimum Gasteiger partial charge on any atom is -0.384 e. The molecule has 0 fully saturated rings. The summed E-state index contributed by atoms with van der Waals surface area (Å²) in [6, 6.07) is 7.49. The van der Waals surface area contributed by atoms with E-state index in [1.54, 1.807) is 18.2 Å². The van der Waals surface area contributed by atoms with E-state index in [1.807, 2.05) is 0 Å². The summed E-state index contributed by atoms with van der Waals surface area (Å²) >= 11 is 5.65. The molecule has 1 aromatic heterocycles. The number of aromatic nitrogens is 2. The molecule has 0 amide bonds. The standard InChI is InChI=1S/C10H7ClFN3/c11-10-14-8(5-9(13)15-10)6-1-3-7(12)4-2-6/h1-5H,(H2,13,14,15). The van der Waals surface area contributed by atoms with Gasteiger partial charge in [-0.15, -0.1) is 0 Å². The van der Waals surface area contributed by atoms with Crippen LogP contribution < -0.4 is 5.73 Å². The van der Waals surface area contributed by atoms with Gasteiger partial charge in [0.1, 0.15) is 11.6 Å². The molecule has 0 saturated heterocycles. The zero-order valence-corrected chi connectivity index (χ0v) is 8.37. The molecule has 2 rings (SSSR count). The predicted octanol–water partition coefficient (Wildman–Crippen LogP) is 2.52. The number of nitrogens with two attached hydrogens (primary N) is 1. The van der Waals surface area contributed by atoms with Crippen LogP contribution in [0.2, 0.25) is 5.28 Å². The molecule has 0 spiro atoms. The lowest BCUT2D eigenvalue weighted by Gasteiger charge is -2.02. The molecule has 1 heterocycles. The molecule has 0 bridgehead atoms. The van der Waals surface area contributed by atoms with Gasteiger partial charge in [-0.2, -0.15) is 0 Å². The van der Waals surface area contributed by atoms with E-state index >= 15 is 0 Å². The number of hydrogen-bond donors (Lipinski definition) is 1. The Bertz CT molecular complexity index is 464. The summed E-state index contributed by atoms with van der Waals surface area (Å²) in [7, 11) is 0. The van der Waals surface area contributed by atoms with Crippen LogP contribution in [0.15, 0.2) is 30.3 Å². The monoisotopic (exact) mass is 223 g/mol. The fourth-order valence-corrected chi connectivity index (χ4v) is 1.39. The number of anilines is 1. The lowest BCUT2D eigenvalue weighted by atomic mass is 10.1. The Balaban J connectivity index is 2.49. The Labute approximate surface area is 90.7 Å². The van der Waals surface area contributed by atoms with E-state index < -0.39 is 0 Å². The van der Waals surface area contributed by atoms with Gasteiger partial charge in [-0.1, -0.05) is 0 Å². The smallest absolute Gasteiger partial charge is 0.224 e. The van der Waals surface area contributed by atoms with Crippen molar-refractivity contribution in [2.24, 2.45) is 0 Å². The molecule has 76 valence electrons. The largest absolute Gasteiger partial charge is 0.384 e. The van der Waals surface area contributed by atoms with Crippen LogP contribution in [0, 0.1) is 5.82 Å². The quantitative estimate of drug-likeness (QED) is 0.756. The van der Waals surface area contributed by atoms with Crippen LogP contribution in [0.25, 0.3) is 11.3 Å². The van der Waals surface area contributed by atoms with E-state index in [0.29, 0.717) is 5.69 Å². The van der Waals surface area contributed by atoms with Crippen molar-refractivity contribution in [3.63, 3.8) is 0 Å². The van der Waals surface area contributed by atoms with Gasteiger partial charge in [-0.3, -0.25) is 0 Å². The molecule has 0 aliphatic heterocycles. The van der Waals surface area contributed by atoms with Gasteiger partial charge < -0.3 is 5.73 Å². The van der Waals surface area contributed by atoms with Crippen LogP contribution in [0.1, 0.15) is 0 Å².